The Morgan fingerprint density at radius 1 is 1.11 bits per heavy atom. The second-order valence-corrected chi connectivity index (χ2v) is 7.72. The van der Waals surface area contributed by atoms with Gasteiger partial charge in [0.2, 0.25) is 0 Å². The van der Waals surface area contributed by atoms with Gasteiger partial charge in [-0.3, -0.25) is 0 Å². The van der Waals surface area contributed by atoms with Gasteiger partial charge >= 0.3 is 0 Å². The molecule has 2 aliphatic rings. The van der Waals surface area contributed by atoms with Gasteiger partial charge in [0.1, 0.15) is 25.1 Å². The van der Waals surface area contributed by atoms with Crippen LogP contribution in [-0.2, 0) is 6.61 Å². The van der Waals surface area contributed by atoms with Gasteiger partial charge in [-0.25, -0.2) is 0 Å². The molecule has 0 spiro atoms. The van der Waals surface area contributed by atoms with E-state index in [1.54, 1.807) is 0 Å². The average Bonchev–Trinajstić information content (AvgIpc) is 2.77. The first-order chi connectivity index (χ1) is 13.8. The maximum absolute atomic E-state index is 6.18. The van der Waals surface area contributed by atoms with Crippen molar-refractivity contribution in [2.75, 3.05) is 26.2 Å². The zero-order valence-electron chi connectivity index (χ0n) is 16.5. The van der Waals surface area contributed by atoms with Gasteiger partial charge in [0, 0.05) is 18.7 Å². The van der Waals surface area contributed by atoms with Crippen LogP contribution in [0.25, 0.3) is 0 Å². The number of hydrogen-bond acceptors (Lipinski definition) is 5. The molecular formula is C23H30N2O3. The molecule has 28 heavy (non-hydrogen) atoms. The monoisotopic (exact) mass is 382 g/mol. The minimum Gasteiger partial charge on any atom is -0.489 e. The smallest absolute Gasteiger partial charge is 0.165 e. The Labute approximate surface area is 167 Å². The lowest BCUT2D eigenvalue weighted by Crippen LogP contribution is -2.45. The number of hydrogen-bond donors (Lipinski definition) is 2. The van der Waals surface area contributed by atoms with Crippen LogP contribution >= 0.6 is 0 Å². The van der Waals surface area contributed by atoms with E-state index in [1.807, 2.05) is 36.4 Å². The quantitative estimate of drug-likeness (QED) is 0.769. The topological polar surface area (TPSA) is 51.8 Å². The molecule has 0 amide bonds. The van der Waals surface area contributed by atoms with Crippen LogP contribution in [0.3, 0.4) is 0 Å². The van der Waals surface area contributed by atoms with E-state index in [2.05, 4.69) is 29.7 Å². The van der Waals surface area contributed by atoms with Gasteiger partial charge in [0.05, 0.1) is 0 Å². The van der Waals surface area contributed by atoms with Gasteiger partial charge < -0.3 is 24.8 Å². The molecule has 2 aliphatic heterocycles. The summed E-state index contributed by atoms with van der Waals surface area (Å²) in [7, 11) is 0. The van der Waals surface area contributed by atoms with Crippen LogP contribution in [0.4, 0.5) is 0 Å². The predicted molar refractivity (Wildman–Crippen MR) is 110 cm³/mol. The average molecular weight is 383 g/mol. The Morgan fingerprint density at radius 3 is 2.75 bits per heavy atom. The molecule has 2 atom stereocenters. The highest BCUT2D eigenvalue weighted by molar-refractivity contribution is 5.46. The molecule has 4 rings (SSSR count). The fourth-order valence-corrected chi connectivity index (χ4v) is 3.86. The third-order valence-electron chi connectivity index (χ3n) is 5.64. The first-order valence-corrected chi connectivity index (χ1v) is 10.3. The van der Waals surface area contributed by atoms with Crippen molar-refractivity contribution in [1.82, 2.24) is 10.6 Å². The highest BCUT2D eigenvalue weighted by Gasteiger charge is 2.24. The van der Waals surface area contributed by atoms with E-state index in [4.69, 9.17) is 14.2 Å². The summed E-state index contributed by atoms with van der Waals surface area (Å²) >= 11 is 0. The second kappa shape index (κ2) is 9.30. The van der Waals surface area contributed by atoms with Crippen LogP contribution in [0.1, 0.15) is 25.3 Å². The Bertz CT molecular complexity index is 747. The fraction of sp³-hybridized carbons (Fsp3) is 0.478. The van der Waals surface area contributed by atoms with Crippen molar-refractivity contribution in [2.45, 2.75) is 38.5 Å². The second-order valence-electron chi connectivity index (χ2n) is 7.72. The van der Waals surface area contributed by atoms with Crippen LogP contribution in [0.15, 0.2) is 48.5 Å². The van der Waals surface area contributed by atoms with E-state index in [1.165, 1.54) is 12.8 Å². The van der Waals surface area contributed by atoms with Gasteiger partial charge in [0.15, 0.2) is 11.5 Å². The standard InChI is InChI=1S/C23H30N2O3/c1-17(19-9-11-24-12-10-19)25-14-21-16-27-22-8-7-20(13-23(22)28-21)26-15-18-5-3-2-4-6-18/h2-8,13,17,19,21,24-25H,9-12,14-16H2,1H3. The van der Waals surface area contributed by atoms with Gasteiger partial charge in [-0.2, -0.15) is 0 Å². The first-order valence-electron chi connectivity index (χ1n) is 10.3. The summed E-state index contributed by atoms with van der Waals surface area (Å²) in [6.07, 6.45) is 2.49. The lowest BCUT2D eigenvalue weighted by molar-refractivity contribution is 0.0853. The fourth-order valence-electron chi connectivity index (χ4n) is 3.86. The van der Waals surface area contributed by atoms with E-state index in [0.717, 1.165) is 48.4 Å². The van der Waals surface area contributed by atoms with Crippen molar-refractivity contribution in [2.24, 2.45) is 5.92 Å². The largest absolute Gasteiger partial charge is 0.489 e. The predicted octanol–water partition coefficient (Wildman–Crippen LogP) is 3.38. The number of fused-ring (bicyclic) bond motifs is 1. The normalized spacial score (nSPS) is 20.5. The van der Waals surface area contributed by atoms with Gasteiger partial charge in [-0.1, -0.05) is 30.3 Å². The van der Waals surface area contributed by atoms with Gasteiger partial charge in [0.25, 0.3) is 0 Å². The zero-order valence-corrected chi connectivity index (χ0v) is 16.5. The number of benzene rings is 2. The molecule has 2 aromatic carbocycles. The lowest BCUT2D eigenvalue weighted by Gasteiger charge is -2.32. The minimum atomic E-state index is 0.0149. The number of piperidine rings is 1. The molecule has 0 bridgehead atoms. The Kier molecular flexibility index (Phi) is 6.34. The Morgan fingerprint density at radius 2 is 1.93 bits per heavy atom. The molecule has 2 aromatic rings. The summed E-state index contributed by atoms with van der Waals surface area (Å²) in [6, 6.07) is 16.4. The summed E-state index contributed by atoms with van der Waals surface area (Å²) in [5.41, 5.74) is 1.14. The summed E-state index contributed by atoms with van der Waals surface area (Å²) in [5.74, 6) is 3.08. The summed E-state index contributed by atoms with van der Waals surface area (Å²) < 4.78 is 18.0. The molecule has 150 valence electrons. The van der Waals surface area contributed by atoms with Crippen molar-refractivity contribution in [3.05, 3.63) is 54.1 Å². The SMILES string of the molecule is CC(NCC1COc2ccc(OCc3ccccc3)cc2O1)C1CCNCC1. The summed E-state index contributed by atoms with van der Waals surface area (Å²) in [6.45, 7) is 6.43. The minimum absolute atomic E-state index is 0.0149. The molecule has 5 heteroatoms. The number of nitrogens with one attached hydrogen (secondary N) is 2. The molecule has 1 fully saturated rings. The maximum Gasteiger partial charge on any atom is 0.165 e. The molecule has 0 aromatic heterocycles. The summed E-state index contributed by atoms with van der Waals surface area (Å²) in [4.78, 5) is 0. The third-order valence-corrected chi connectivity index (χ3v) is 5.64. The van der Waals surface area contributed by atoms with Crippen LogP contribution < -0.4 is 24.8 Å². The highest BCUT2D eigenvalue weighted by Crippen LogP contribution is 2.35. The molecule has 0 radical (unpaired) electrons. The van der Waals surface area contributed by atoms with Crippen LogP contribution in [0.2, 0.25) is 0 Å². The third kappa shape index (κ3) is 4.97. The molecule has 2 heterocycles. The van der Waals surface area contributed by atoms with E-state index in [9.17, 15) is 0 Å². The molecule has 1 saturated heterocycles. The van der Waals surface area contributed by atoms with Crippen molar-refractivity contribution in [3.63, 3.8) is 0 Å². The van der Waals surface area contributed by atoms with Crippen LogP contribution in [0.5, 0.6) is 17.2 Å². The van der Waals surface area contributed by atoms with Crippen LogP contribution in [-0.4, -0.2) is 38.4 Å². The van der Waals surface area contributed by atoms with Crippen molar-refractivity contribution in [1.29, 1.82) is 0 Å². The molecule has 2 unspecified atom stereocenters. The highest BCUT2D eigenvalue weighted by atomic mass is 16.6. The van der Waals surface area contributed by atoms with Crippen LogP contribution in [0, 0.1) is 5.92 Å². The van der Waals surface area contributed by atoms with Crippen molar-refractivity contribution >= 4 is 0 Å². The van der Waals surface area contributed by atoms with E-state index in [-0.39, 0.29) is 6.10 Å². The molecule has 2 N–H and O–H groups in total. The van der Waals surface area contributed by atoms with E-state index >= 15 is 0 Å². The van der Waals surface area contributed by atoms with E-state index < -0.39 is 0 Å². The number of rotatable bonds is 7. The molecule has 0 aliphatic carbocycles. The van der Waals surface area contributed by atoms with Gasteiger partial charge in [-0.05, 0) is 56.5 Å². The van der Waals surface area contributed by atoms with Gasteiger partial charge in [-0.15, -0.1) is 0 Å². The first kappa shape index (κ1) is 19.1. The number of ether oxygens (including phenoxy) is 3. The molecule has 0 saturated carbocycles. The lowest BCUT2D eigenvalue weighted by atomic mass is 9.91. The van der Waals surface area contributed by atoms with Crippen molar-refractivity contribution in [3.8, 4) is 17.2 Å². The maximum atomic E-state index is 6.18. The van der Waals surface area contributed by atoms with E-state index in [0.29, 0.717) is 19.3 Å². The molecular weight excluding hydrogens is 352 g/mol. The Balaban J connectivity index is 1.29. The molecule has 5 nitrogen and oxygen atoms in total. The van der Waals surface area contributed by atoms with Crippen molar-refractivity contribution < 1.29 is 14.2 Å². The Hall–Kier alpha value is -2.24. The summed E-state index contributed by atoms with van der Waals surface area (Å²) in [5, 5.41) is 7.08. The zero-order chi connectivity index (χ0) is 19.2.